The third-order valence-corrected chi connectivity index (χ3v) is 3.21. The van der Waals surface area contributed by atoms with Gasteiger partial charge in [0.05, 0.1) is 14.6 Å². The summed E-state index contributed by atoms with van der Waals surface area (Å²) in [5.74, 6) is -0.598. The van der Waals surface area contributed by atoms with Crippen LogP contribution >= 0.6 is 22.9 Å². The van der Waals surface area contributed by atoms with E-state index in [1.165, 1.54) is 17.5 Å². The van der Waals surface area contributed by atoms with Crippen LogP contribution < -0.4 is 0 Å². The first-order valence-electron chi connectivity index (χ1n) is 3.61. The Labute approximate surface area is 86.9 Å². The number of non-ortho nitro benzene ring substituents is 1. The molecule has 0 radical (unpaired) electrons. The fourth-order valence-corrected chi connectivity index (χ4v) is 2.35. The summed E-state index contributed by atoms with van der Waals surface area (Å²) in [6.07, 6.45) is 0. The molecule has 14 heavy (non-hydrogen) atoms. The summed E-state index contributed by atoms with van der Waals surface area (Å²) in [4.78, 5) is 9.96. The van der Waals surface area contributed by atoms with Crippen molar-refractivity contribution in [3.8, 4) is 0 Å². The van der Waals surface area contributed by atoms with Gasteiger partial charge in [0.1, 0.15) is 11.2 Å². The standard InChI is InChI=1S/C8H3ClFNO2S/c9-4-1-2-6(11(12)13)7-5(10)3-14-8(4)7/h1-3H. The van der Waals surface area contributed by atoms with Crippen molar-refractivity contribution in [1.29, 1.82) is 0 Å². The van der Waals surface area contributed by atoms with Crippen LogP contribution in [0.5, 0.6) is 0 Å². The van der Waals surface area contributed by atoms with Crippen molar-refractivity contribution in [2.24, 2.45) is 0 Å². The number of hydrogen-bond donors (Lipinski definition) is 0. The number of hydrogen-bond acceptors (Lipinski definition) is 3. The maximum atomic E-state index is 13.2. The first kappa shape index (κ1) is 9.36. The van der Waals surface area contributed by atoms with E-state index in [1.54, 1.807) is 0 Å². The number of fused-ring (bicyclic) bond motifs is 1. The Kier molecular flexibility index (Phi) is 2.13. The topological polar surface area (TPSA) is 43.1 Å². The number of thiophene rings is 1. The van der Waals surface area contributed by atoms with Gasteiger partial charge < -0.3 is 0 Å². The number of benzene rings is 1. The minimum Gasteiger partial charge on any atom is -0.258 e. The molecular weight excluding hydrogens is 229 g/mol. The highest BCUT2D eigenvalue weighted by molar-refractivity contribution is 7.18. The van der Waals surface area contributed by atoms with E-state index in [9.17, 15) is 14.5 Å². The Morgan fingerprint density at radius 1 is 1.50 bits per heavy atom. The molecule has 0 spiro atoms. The minimum atomic E-state index is -0.617. The molecular formula is C8H3ClFNO2S. The van der Waals surface area contributed by atoms with Crippen LogP contribution in [0.15, 0.2) is 17.5 Å². The normalized spacial score (nSPS) is 10.7. The highest BCUT2D eigenvalue weighted by Crippen LogP contribution is 2.37. The Morgan fingerprint density at radius 3 is 2.86 bits per heavy atom. The maximum absolute atomic E-state index is 13.2. The number of nitro groups is 1. The van der Waals surface area contributed by atoms with Gasteiger partial charge in [0.2, 0.25) is 0 Å². The van der Waals surface area contributed by atoms with Crippen LogP contribution in [0.4, 0.5) is 10.1 Å². The van der Waals surface area contributed by atoms with Crippen LogP contribution in [0.3, 0.4) is 0 Å². The van der Waals surface area contributed by atoms with E-state index in [1.807, 2.05) is 0 Å². The zero-order valence-corrected chi connectivity index (χ0v) is 8.23. The van der Waals surface area contributed by atoms with Gasteiger partial charge in [0.25, 0.3) is 5.69 Å². The van der Waals surface area contributed by atoms with E-state index in [0.29, 0.717) is 9.72 Å². The molecule has 2 aromatic rings. The lowest BCUT2D eigenvalue weighted by atomic mass is 10.2. The van der Waals surface area contributed by atoms with E-state index in [4.69, 9.17) is 11.6 Å². The molecule has 0 bridgehead atoms. The Morgan fingerprint density at radius 2 is 2.21 bits per heavy atom. The molecule has 6 heteroatoms. The highest BCUT2D eigenvalue weighted by atomic mass is 35.5. The first-order valence-corrected chi connectivity index (χ1v) is 4.86. The van der Waals surface area contributed by atoms with Crippen LogP contribution in [0.25, 0.3) is 10.1 Å². The second-order valence-corrected chi connectivity index (χ2v) is 3.90. The molecule has 0 aliphatic carbocycles. The number of rotatable bonds is 1. The van der Waals surface area contributed by atoms with Gasteiger partial charge in [-0.15, -0.1) is 11.3 Å². The van der Waals surface area contributed by atoms with E-state index in [-0.39, 0.29) is 11.1 Å². The zero-order valence-electron chi connectivity index (χ0n) is 6.66. The molecule has 0 fully saturated rings. The molecule has 0 N–H and O–H groups in total. The quantitative estimate of drug-likeness (QED) is 0.556. The summed E-state index contributed by atoms with van der Waals surface area (Å²) >= 11 is 6.83. The van der Waals surface area contributed by atoms with Gasteiger partial charge in [-0.05, 0) is 6.07 Å². The van der Waals surface area contributed by atoms with Crippen LogP contribution in [-0.4, -0.2) is 4.92 Å². The predicted molar refractivity (Wildman–Crippen MR) is 53.4 cm³/mol. The second-order valence-electron chi connectivity index (χ2n) is 2.61. The second kappa shape index (κ2) is 3.18. The Hall–Kier alpha value is -1.20. The molecule has 0 amide bonds. The summed E-state index contributed by atoms with van der Waals surface area (Å²) in [5, 5.41) is 12.1. The lowest BCUT2D eigenvalue weighted by Crippen LogP contribution is -1.89. The maximum Gasteiger partial charge on any atom is 0.281 e. The largest absolute Gasteiger partial charge is 0.281 e. The average molecular weight is 232 g/mol. The lowest BCUT2D eigenvalue weighted by molar-refractivity contribution is -0.383. The van der Waals surface area contributed by atoms with Gasteiger partial charge in [0, 0.05) is 11.4 Å². The summed E-state index contributed by atoms with van der Waals surface area (Å²) in [7, 11) is 0. The molecule has 0 aliphatic heterocycles. The monoisotopic (exact) mass is 231 g/mol. The Bertz CT molecular complexity index is 525. The minimum absolute atomic E-state index is 0.00694. The zero-order chi connectivity index (χ0) is 10.3. The van der Waals surface area contributed by atoms with E-state index < -0.39 is 10.7 Å². The van der Waals surface area contributed by atoms with E-state index >= 15 is 0 Å². The van der Waals surface area contributed by atoms with Crippen molar-refractivity contribution in [2.75, 3.05) is 0 Å². The summed E-state index contributed by atoms with van der Waals surface area (Å²) in [6, 6.07) is 2.61. The SMILES string of the molecule is O=[N+]([O-])c1ccc(Cl)c2scc(F)c12. The number of halogens is 2. The molecule has 72 valence electrons. The van der Waals surface area contributed by atoms with Crippen molar-refractivity contribution in [2.45, 2.75) is 0 Å². The van der Waals surface area contributed by atoms with Gasteiger partial charge in [-0.3, -0.25) is 10.1 Å². The lowest BCUT2D eigenvalue weighted by Gasteiger charge is -1.95. The molecule has 3 nitrogen and oxygen atoms in total. The van der Waals surface area contributed by atoms with Crippen molar-refractivity contribution in [3.05, 3.63) is 38.5 Å². The van der Waals surface area contributed by atoms with Gasteiger partial charge in [-0.2, -0.15) is 0 Å². The first-order chi connectivity index (χ1) is 6.61. The van der Waals surface area contributed by atoms with E-state index in [0.717, 1.165) is 11.3 Å². The molecule has 0 saturated heterocycles. The van der Waals surface area contributed by atoms with Crippen LogP contribution in [0, 0.1) is 15.9 Å². The summed E-state index contributed by atoms with van der Waals surface area (Å²) in [5.41, 5.74) is -0.247. The molecule has 1 aromatic heterocycles. The molecule has 0 atom stereocenters. The molecule has 1 aromatic carbocycles. The number of nitrogens with zero attached hydrogens (tertiary/aromatic N) is 1. The van der Waals surface area contributed by atoms with Crippen LogP contribution in [-0.2, 0) is 0 Å². The molecule has 0 unspecified atom stereocenters. The third kappa shape index (κ3) is 1.25. The average Bonchev–Trinajstić information content (AvgIpc) is 2.50. The fourth-order valence-electron chi connectivity index (χ4n) is 1.21. The van der Waals surface area contributed by atoms with Gasteiger partial charge >= 0.3 is 0 Å². The third-order valence-electron chi connectivity index (χ3n) is 1.80. The summed E-state index contributed by atoms with van der Waals surface area (Å²) < 4.78 is 13.6. The van der Waals surface area contributed by atoms with Crippen molar-refractivity contribution >= 4 is 38.7 Å². The van der Waals surface area contributed by atoms with Crippen LogP contribution in [0.2, 0.25) is 5.02 Å². The molecule has 2 rings (SSSR count). The van der Waals surface area contributed by atoms with E-state index in [2.05, 4.69) is 0 Å². The fraction of sp³-hybridized carbons (Fsp3) is 0. The molecule has 0 saturated carbocycles. The summed E-state index contributed by atoms with van der Waals surface area (Å²) in [6.45, 7) is 0. The number of nitro benzene ring substituents is 1. The van der Waals surface area contributed by atoms with Crippen molar-refractivity contribution in [3.63, 3.8) is 0 Å². The molecule has 1 heterocycles. The highest BCUT2D eigenvalue weighted by Gasteiger charge is 2.19. The Balaban J connectivity index is 2.92. The van der Waals surface area contributed by atoms with Crippen molar-refractivity contribution in [1.82, 2.24) is 0 Å². The van der Waals surface area contributed by atoms with Gasteiger partial charge in [0.15, 0.2) is 0 Å². The van der Waals surface area contributed by atoms with Gasteiger partial charge in [-0.1, -0.05) is 11.6 Å². The van der Waals surface area contributed by atoms with Crippen LogP contribution in [0.1, 0.15) is 0 Å². The van der Waals surface area contributed by atoms with Crippen molar-refractivity contribution < 1.29 is 9.31 Å². The molecule has 0 aliphatic rings. The van der Waals surface area contributed by atoms with Gasteiger partial charge in [-0.25, -0.2) is 4.39 Å². The smallest absolute Gasteiger partial charge is 0.258 e. The predicted octanol–water partition coefficient (Wildman–Crippen LogP) is 3.60.